The van der Waals surface area contributed by atoms with Crippen LogP contribution in [0.5, 0.6) is 0 Å². The second kappa shape index (κ2) is 6.08. The number of hydrogen-bond donors (Lipinski definition) is 2. The third kappa shape index (κ3) is 3.47. The van der Waals surface area contributed by atoms with Crippen LogP contribution in [-0.4, -0.2) is 48.2 Å². The molecule has 0 saturated carbocycles. The Labute approximate surface area is 91.6 Å². The van der Waals surface area contributed by atoms with E-state index in [4.69, 9.17) is 5.11 Å². The van der Waals surface area contributed by atoms with Crippen LogP contribution in [-0.2, 0) is 4.79 Å². The summed E-state index contributed by atoms with van der Waals surface area (Å²) in [5.41, 5.74) is 0. The van der Waals surface area contributed by atoms with Gasteiger partial charge in [-0.05, 0) is 46.3 Å². The zero-order valence-corrected chi connectivity index (χ0v) is 9.70. The van der Waals surface area contributed by atoms with Gasteiger partial charge in [-0.15, -0.1) is 0 Å². The van der Waals surface area contributed by atoms with Crippen molar-refractivity contribution in [1.29, 1.82) is 0 Å². The minimum atomic E-state index is -0.702. The van der Waals surface area contributed by atoms with Crippen molar-refractivity contribution in [3.05, 3.63) is 0 Å². The van der Waals surface area contributed by atoms with Gasteiger partial charge in [-0.25, -0.2) is 0 Å². The minimum absolute atomic E-state index is 0.341. The predicted octanol–water partition coefficient (Wildman–Crippen LogP) is 0.923. The molecule has 4 heteroatoms. The molecule has 0 radical (unpaired) electrons. The van der Waals surface area contributed by atoms with Crippen LogP contribution in [0.1, 0.15) is 32.6 Å². The lowest BCUT2D eigenvalue weighted by atomic mass is 9.97. The van der Waals surface area contributed by atoms with Gasteiger partial charge in [0.2, 0.25) is 0 Å². The third-order valence-electron chi connectivity index (χ3n) is 3.26. The molecule has 0 bridgehead atoms. The number of aliphatic carboxylic acids is 1. The average Bonchev–Trinajstić information content (AvgIpc) is 2.25. The summed E-state index contributed by atoms with van der Waals surface area (Å²) in [7, 11) is 1.94. The molecule has 0 aliphatic carbocycles. The van der Waals surface area contributed by atoms with Gasteiger partial charge < -0.3 is 10.4 Å². The Hall–Kier alpha value is -0.610. The number of carboxylic acids is 1. The molecule has 0 spiro atoms. The lowest BCUT2D eigenvalue weighted by Gasteiger charge is -2.38. The van der Waals surface area contributed by atoms with Crippen LogP contribution >= 0.6 is 0 Å². The summed E-state index contributed by atoms with van der Waals surface area (Å²) in [5, 5.41) is 12.1. The second-order valence-corrected chi connectivity index (χ2v) is 4.29. The molecule has 1 saturated heterocycles. The summed E-state index contributed by atoms with van der Waals surface area (Å²) in [5.74, 6) is -0.702. The second-order valence-electron chi connectivity index (χ2n) is 4.29. The van der Waals surface area contributed by atoms with Gasteiger partial charge >= 0.3 is 5.97 Å². The quantitative estimate of drug-likeness (QED) is 0.714. The van der Waals surface area contributed by atoms with Crippen molar-refractivity contribution in [1.82, 2.24) is 10.2 Å². The Bertz CT molecular complexity index is 209. The number of nitrogens with one attached hydrogen (secondary N) is 1. The summed E-state index contributed by atoms with van der Waals surface area (Å²) in [6.07, 6.45) is 4.55. The summed E-state index contributed by atoms with van der Waals surface area (Å²) in [6.45, 7) is 3.69. The van der Waals surface area contributed by atoms with Crippen molar-refractivity contribution >= 4 is 5.97 Å². The maximum atomic E-state index is 11.0. The maximum absolute atomic E-state index is 11.0. The number of nitrogens with zero attached hydrogens (tertiary/aromatic N) is 1. The van der Waals surface area contributed by atoms with Gasteiger partial charge in [-0.3, -0.25) is 9.69 Å². The summed E-state index contributed by atoms with van der Waals surface area (Å²) >= 11 is 0. The summed E-state index contributed by atoms with van der Waals surface area (Å²) in [4.78, 5) is 13.1. The van der Waals surface area contributed by atoms with Crippen LogP contribution in [0.4, 0.5) is 0 Å². The van der Waals surface area contributed by atoms with E-state index < -0.39 is 5.97 Å². The monoisotopic (exact) mass is 214 g/mol. The molecule has 2 N–H and O–H groups in total. The topological polar surface area (TPSA) is 52.6 Å². The van der Waals surface area contributed by atoms with Crippen molar-refractivity contribution < 1.29 is 9.90 Å². The lowest BCUT2D eigenvalue weighted by molar-refractivity contribution is -0.144. The van der Waals surface area contributed by atoms with Crippen LogP contribution in [0, 0.1) is 0 Å². The van der Waals surface area contributed by atoms with Crippen molar-refractivity contribution in [3.8, 4) is 0 Å². The zero-order chi connectivity index (χ0) is 11.3. The maximum Gasteiger partial charge on any atom is 0.320 e. The van der Waals surface area contributed by atoms with E-state index in [0.717, 1.165) is 32.4 Å². The number of piperidine rings is 1. The summed E-state index contributed by atoms with van der Waals surface area (Å²) < 4.78 is 0. The molecule has 1 heterocycles. The number of likely N-dealkylation sites (tertiary alicyclic amines) is 1. The van der Waals surface area contributed by atoms with E-state index in [0.29, 0.717) is 6.04 Å². The molecule has 15 heavy (non-hydrogen) atoms. The van der Waals surface area contributed by atoms with Crippen LogP contribution in [0.2, 0.25) is 0 Å². The smallest absolute Gasteiger partial charge is 0.320 e. The van der Waals surface area contributed by atoms with E-state index in [2.05, 4.69) is 10.2 Å². The van der Waals surface area contributed by atoms with Gasteiger partial charge in [0.05, 0.1) is 0 Å². The molecule has 88 valence electrons. The zero-order valence-electron chi connectivity index (χ0n) is 9.70. The van der Waals surface area contributed by atoms with E-state index >= 15 is 0 Å². The van der Waals surface area contributed by atoms with Crippen molar-refractivity contribution in [2.75, 3.05) is 20.1 Å². The Morgan fingerprint density at radius 3 is 2.93 bits per heavy atom. The predicted molar refractivity (Wildman–Crippen MR) is 60.0 cm³/mol. The number of carboxylic acid groups (broad SMARTS) is 1. The standard InChI is InChI=1S/C11H22N2O2/c1-9(11(14)15)13-8-4-3-5-10(13)6-7-12-2/h9-10,12H,3-8H2,1-2H3,(H,14,15). The fraction of sp³-hybridized carbons (Fsp3) is 0.909. The first-order chi connectivity index (χ1) is 7.16. The Balaban J connectivity index is 2.52. The van der Waals surface area contributed by atoms with E-state index in [1.54, 1.807) is 6.92 Å². The average molecular weight is 214 g/mol. The van der Waals surface area contributed by atoms with Gasteiger partial charge in [0.1, 0.15) is 6.04 Å². The molecule has 1 rings (SSSR count). The molecular weight excluding hydrogens is 192 g/mol. The van der Waals surface area contributed by atoms with E-state index in [1.807, 2.05) is 7.05 Å². The first kappa shape index (κ1) is 12.5. The molecule has 1 fully saturated rings. The van der Waals surface area contributed by atoms with Gasteiger partial charge in [0.25, 0.3) is 0 Å². The number of rotatable bonds is 5. The highest BCUT2D eigenvalue weighted by atomic mass is 16.4. The normalized spacial score (nSPS) is 25.1. The molecular formula is C11H22N2O2. The largest absolute Gasteiger partial charge is 0.480 e. The van der Waals surface area contributed by atoms with Crippen LogP contribution in [0.15, 0.2) is 0 Å². The van der Waals surface area contributed by atoms with E-state index in [-0.39, 0.29) is 6.04 Å². The van der Waals surface area contributed by atoms with Crippen LogP contribution in [0.25, 0.3) is 0 Å². The molecule has 4 nitrogen and oxygen atoms in total. The SMILES string of the molecule is CNCCC1CCCCN1C(C)C(=O)O. The highest BCUT2D eigenvalue weighted by molar-refractivity contribution is 5.72. The summed E-state index contributed by atoms with van der Waals surface area (Å²) in [6, 6.07) is 0.101. The molecule has 2 unspecified atom stereocenters. The van der Waals surface area contributed by atoms with Crippen molar-refractivity contribution in [2.45, 2.75) is 44.7 Å². The Morgan fingerprint density at radius 1 is 1.60 bits per heavy atom. The van der Waals surface area contributed by atoms with Crippen LogP contribution < -0.4 is 5.32 Å². The Morgan fingerprint density at radius 2 is 2.33 bits per heavy atom. The molecule has 0 amide bonds. The minimum Gasteiger partial charge on any atom is -0.480 e. The van der Waals surface area contributed by atoms with Gasteiger partial charge in [-0.2, -0.15) is 0 Å². The molecule has 1 aliphatic heterocycles. The van der Waals surface area contributed by atoms with Crippen LogP contribution in [0.3, 0.4) is 0 Å². The number of hydrogen-bond acceptors (Lipinski definition) is 3. The highest BCUT2D eigenvalue weighted by Gasteiger charge is 2.29. The van der Waals surface area contributed by atoms with E-state index in [9.17, 15) is 4.79 Å². The van der Waals surface area contributed by atoms with Gasteiger partial charge in [0.15, 0.2) is 0 Å². The third-order valence-corrected chi connectivity index (χ3v) is 3.26. The fourth-order valence-corrected chi connectivity index (χ4v) is 2.30. The van der Waals surface area contributed by atoms with Gasteiger partial charge in [0, 0.05) is 6.04 Å². The molecule has 2 atom stereocenters. The highest BCUT2D eigenvalue weighted by Crippen LogP contribution is 2.21. The molecule has 1 aliphatic rings. The fourth-order valence-electron chi connectivity index (χ4n) is 2.30. The van der Waals surface area contributed by atoms with Gasteiger partial charge in [-0.1, -0.05) is 6.42 Å². The first-order valence-electron chi connectivity index (χ1n) is 5.80. The molecule has 0 aromatic carbocycles. The first-order valence-corrected chi connectivity index (χ1v) is 5.80. The molecule has 0 aromatic heterocycles. The van der Waals surface area contributed by atoms with Crippen molar-refractivity contribution in [2.24, 2.45) is 0 Å². The van der Waals surface area contributed by atoms with E-state index in [1.165, 1.54) is 6.42 Å². The lowest BCUT2D eigenvalue weighted by Crippen LogP contribution is -2.49. The Kier molecular flexibility index (Phi) is 5.05. The molecule has 0 aromatic rings. The number of carbonyl (C=O) groups is 1. The van der Waals surface area contributed by atoms with Crippen molar-refractivity contribution in [3.63, 3.8) is 0 Å².